The van der Waals surface area contributed by atoms with Gasteiger partial charge in [-0.05, 0) is 47.9 Å². The summed E-state index contributed by atoms with van der Waals surface area (Å²) in [4.78, 5) is 0. The Morgan fingerprint density at radius 3 is 1.74 bits per heavy atom. The lowest BCUT2D eigenvalue weighted by molar-refractivity contribution is 1.05. The Morgan fingerprint density at radius 1 is 0.652 bits per heavy atom. The Bertz CT molecular complexity index is 908. The highest BCUT2D eigenvalue weighted by Crippen LogP contribution is 2.26. The second-order valence-corrected chi connectivity index (χ2v) is 5.28. The zero-order valence-electron chi connectivity index (χ0n) is 12.5. The molecule has 0 saturated carbocycles. The summed E-state index contributed by atoms with van der Waals surface area (Å²) in [6.07, 6.45) is 6.77. The van der Waals surface area contributed by atoms with Gasteiger partial charge in [-0.15, -0.1) is 20.4 Å². The summed E-state index contributed by atoms with van der Waals surface area (Å²) < 4.78 is 3.78. The van der Waals surface area contributed by atoms with Crippen LogP contribution in [0.5, 0.6) is 0 Å². The van der Waals surface area contributed by atoms with Crippen molar-refractivity contribution in [2.75, 3.05) is 0 Å². The van der Waals surface area contributed by atoms with Crippen molar-refractivity contribution in [2.24, 2.45) is 0 Å². The van der Waals surface area contributed by atoms with Gasteiger partial charge in [-0.1, -0.05) is 18.2 Å². The number of hydrogen-bond acceptors (Lipinski definition) is 4. The molecule has 0 unspecified atom stereocenters. The van der Waals surface area contributed by atoms with Gasteiger partial charge in [0.1, 0.15) is 25.3 Å². The van der Waals surface area contributed by atoms with E-state index in [1.165, 1.54) is 16.7 Å². The van der Waals surface area contributed by atoms with Crippen LogP contribution < -0.4 is 0 Å². The lowest BCUT2D eigenvalue weighted by atomic mass is 10.00. The normalized spacial score (nSPS) is 10.8. The first-order valence-electron chi connectivity index (χ1n) is 7.22. The molecule has 112 valence electrons. The van der Waals surface area contributed by atoms with Crippen LogP contribution in [0.4, 0.5) is 0 Å². The first-order valence-corrected chi connectivity index (χ1v) is 7.22. The minimum absolute atomic E-state index is 1.04. The van der Waals surface area contributed by atoms with Gasteiger partial charge in [0.05, 0.1) is 0 Å². The average Bonchev–Trinajstić information content (AvgIpc) is 3.29. The van der Waals surface area contributed by atoms with Gasteiger partial charge in [0, 0.05) is 11.4 Å². The van der Waals surface area contributed by atoms with Crippen molar-refractivity contribution in [2.45, 2.75) is 6.92 Å². The third kappa shape index (κ3) is 2.50. The van der Waals surface area contributed by atoms with Crippen LogP contribution in [0.15, 0.2) is 67.8 Å². The predicted octanol–water partition coefficient (Wildman–Crippen LogP) is 2.82. The molecule has 0 N–H and O–H groups in total. The highest BCUT2D eigenvalue weighted by molar-refractivity contribution is 5.69. The van der Waals surface area contributed by atoms with Crippen LogP contribution in [0.25, 0.3) is 22.5 Å². The number of rotatable bonds is 3. The van der Waals surface area contributed by atoms with Gasteiger partial charge in [0.2, 0.25) is 0 Å². The van der Waals surface area contributed by atoms with E-state index in [0.29, 0.717) is 0 Å². The van der Waals surface area contributed by atoms with E-state index < -0.39 is 0 Å². The molecule has 0 spiro atoms. The van der Waals surface area contributed by atoms with Crippen molar-refractivity contribution in [3.63, 3.8) is 0 Å². The van der Waals surface area contributed by atoms with Gasteiger partial charge >= 0.3 is 0 Å². The van der Waals surface area contributed by atoms with E-state index >= 15 is 0 Å². The first kappa shape index (κ1) is 13.4. The third-order valence-corrected chi connectivity index (χ3v) is 3.82. The van der Waals surface area contributed by atoms with Crippen LogP contribution in [0, 0.1) is 6.92 Å². The molecule has 23 heavy (non-hydrogen) atoms. The summed E-state index contributed by atoms with van der Waals surface area (Å²) in [7, 11) is 0. The van der Waals surface area contributed by atoms with Crippen LogP contribution in [0.3, 0.4) is 0 Å². The number of aromatic nitrogens is 6. The predicted molar refractivity (Wildman–Crippen MR) is 86.4 cm³/mol. The summed E-state index contributed by atoms with van der Waals surface area (Å²) in [6.45, 7) is 2.11. The van der Waals surface area contributed by atoms with Gasteiger partial charge in [0.25, 0.3) is 0 Å². The molecule has 0 aliphatic rings. The summed E-state index contributed by atoms with van der Waals surface area (Å²) in [5.41, 5.74) is 5.68. The monoisotopic (exact) mass is 302 g/mol. The van der Waals surface area contributed by atoms with E-state index in [9.17, 15) is 0 Å². The topological polar surface area (TPSA) is 61.4 Å². The zero-order chi connectivity index (χ0) is 15.6. The summed E-state index contributed by atoms with van der Waals surface area (Å²) in [6, 6.07) is 14.7. The SMILES string of the molecule is Cc1cc(-n2cnnc2)ccc1-c1ccc(-n2cnnc2)cc1. The summed E-state index contributed by atoms with van der Waals surface area (Å²) in [5, 5.41) is 15.3. The van der Waals surface area contributed by atoms with E-state index in [1.54, 1.807) is 25.3 Å². The van der Waals surface area contributed by atoms with E-state index in [0.717, 1.165) is 11.4 Å². The molecule has 0 amide bonds. The molecule has 0 bridgehead atoms. The fourth-order valence-electron chi connectivity index (χ4n) is 2.61. The zero-order valence-corrected chi connectivity index (χ0v) is 12.5. The Labute approximate surface area is 133 Å². The van der Waals surface area contributed by atoms with Crippen molar-refractivity contribution in [3.05, 3.63) is 73.3 Å². The maximum absolute atomic E-state index is 3.84. The largest absolute Gasteiger partial charge is 0.288 e. The molecule has 2 heterocycles. The number of aryl methyl sites for hydroxylation is 1. The lowest BCUT2D eigenvalue weighted by Crippen LogP contribution is -1.93. The molecule has 0 aliphatic carbocycles. The Kier molecular flexibility index (Phi) is 3.20. The average molecular weight is 302 g/mol. The van der Waals surface area contributed by atoms with Crippen molar-refractivity contribution < 1.29 is 0 Å². The minimum Gasteiger partial charge on any atom is -0.288 e. The molecule has 0 radical (unpaired) electrons. The summed E-state index contributed by atoms with van der Waals surface area (Å²) >= 11 is 0. The summed E-state index contributed by atoms with van der Waals surface area (Å²) in [5.74, 6) is 0. The molecule has 0 aliphatic heterocycles. The number of nitrogens with zero attached hydrogens (tertiary/aromatic N) is 6. The molecule has 2 aromatic heterocycles. The van der Waals surface area contributed by atoms with Crippen LogP contribution in [0.1, 0.15) is 5.56 Å². The van der Waals surface area contributed by atoms with E-state index in [4.69, 9.17) is 0 Å². The standard InChI is InChI=1S/C17H14N6/c1-13-8-16(23-11-20-21-12-23)6-7-17(13)14-2-4-15(5-3-14)22-9-18-19-10-22/h2-12H,1H3. The second-order valence-electron chi connectivity index (χ2n) is 5.28. The third-order valence-electron chi connectivity index (χ3n) is 3.82. The fraction of sp³-hybridized carbons (Fsp3) is 0.0588. The van der Waals surface area contributed by atoms with Gasteiger partial charge < -0.3 is 0 Å². The highest BCUT2D eigenvalue weighted by Gasteiger charge is 2.05. The van der Waals surface area contributed by atoms with E-state index in [-0.39, 0.29) is 0 Å². The minimum atomic E-state index is 1.04. The Balaban J connectivity index is 1.68. The first-order chi connectivity index (χ1) is 11.3. The smallest absolute Gasteiger partial charge is 0.123 e. The Morgan fingerprint density at radius 2 is 1.17 bits per heavy atom. The van der Waals surface area contributed by atoms with Crippen molar-refractivity contribution >= 4 is 0 Å². The molecular formula is C17H14N6. The maximum Gasteiger partial charge on any atom is 0.123 e. The maximum atomic E-state index is 3.84. The molecule has 0 saturated heterocycles. The Hall–Kier alpha value is -3.28. The molecule has 6 heteroatoms. The molecular weight excluding hydrogens is 288 g/mol. The molecule has 2 aromatic carbocycles. The van der Waals surface area contributed by atoms with Gasteiger partial charge in [-0.3, -0.25) is 9.13 Å². The van der Waals surface area contributed by atoms with Gasteiger partial charge in [0.15, 0.2) is 0 Å². The van der Waals surface area contributed by atoms with Gasteiger partial charge in [-0.2, -0.15) is 0 Å². The van der Waals surface area contributed by atoms with Gasteiger partial charge in [-0.25, -0.2) is 0 Å². The quantitative estimate of drug-likeness (QED) is 0.584. The number of benzene rings is 2. The molecule has 4 aromatic rings. The molecule has 0 atom stereocenters. The van der Waals surface area contributed by atoms with E-state index in [2.05, 4.69) is 69.8 Å². The van der Waals surface area contributed by atoms with Crippen LogP contribution in [-0.2, 0) is 0 Å². The second kappa shape index (κ2) is 5.49. The van der Waals surface area contributed by atoms with Crippen molar-refractivity contribution in [1.29, 1.82) is 0 Å². The number of hydrogen-bond donors (Lipinski definition) is 0. The molecule has 6 nitrogen and oxygen atoms in total. The molecule has 0 fully saturated rings. The van der Waals surface area contributed by atoms with Crippen molar-refractivity contribution in [3.8, 4) is 22.5 Å². The molecule has 4 rings (SSSR count). The van der Waals surface area contributed by atoms with Crippen LogP contribution in [-0.4, -0.2) is 29.5 Å². The fourth-order valence-corrected chi connectivity index (χ4v) is 2.61. The van der Waals surface area contributed by atoms with Crippen LogP contribution in [0.2, 0.25) is 0 Å². The van der Waals surface area contributed by atoms with Crippen LogP contribution >= 0.6 is 0 Å². The van der Waals surface area contributed by atoms with E-state index in [1.807, 2.05) is 9.13 Å². The van der Waals surface area contributed by atoms with Crippen molar-refractivity contribution in [1.82, 2.24) is 29.5 Å². The lowest BCUT2D eigenvalue weighted by Gasteiger charge is -2.10. The highest BCUT2D eigenvalue weighted by atomic mass is 15.2.